The van der Waals surface area contributed by atoms with Crippen LogP contribution in [0.4, 0.5) is 0 Å². The summed E-state index contributed by atoms with van der Waals surface area (Å²) >= 11 is 0. The van der Waals surface area contributed by atoms with Crippen molar-refractivity contribution in [2.45, 2.75) is 6.42 Å². The molecular weight excluding hydrogens is 252 g/mol. The van der Waals surface area contributed by atoms with Crippen LogP contribution in [-0.2, 0) is 4.79 Å². The number of likely N-dealkylation sites (N-methyl/N-ethyl adjacent to an activating group) is 1. The highest BCUT2D eigenvalue weighted by Gasteiger charge is 2.23. The molecule has 4 heteroatoms. The van der Waals surface area contributed by atoms with Crippen LogP contribution >= 0.6 is 0 Å². The second-order valence-electron chi connectivity index (χ2n) is 5.45. The molecule has 0 aliphatic carbocycles. The number of benzene rings is 1. The summed E-state index contributed by atoms with van der Waals surface area (Å²) in [5, 5.41) is 0. The molecule has 0 aromatic heterocycles. The topological polar surface area (TPSA) is 32.8 Å². The lowest BCUT2D eigenvalue weighted by Gasteiger charge is -2.24. The number of carbonyl (C=O) groups is 1. The van der Waals surface area contributed by atoms with Crippen molar-refractivity contribution < 1.29 is 9.53 Å². The number of fused-ring (bicyclic) bond motifs is 1. The van der Waals surface area contributed by atoms with Crippen molar-refractivity contribution in [3.63, 3.8) is 0 Å². The summed E-state index contributed by atoms with van der Waals surface area (Å²) in [6, 6.07) is 7.84. The second kappa shape index (κ2) is 5.67. The summed E-state index contributed by atoms with van der Waals surface area (Å²) in [5.41, 5.74) is 1.75. The SMILES string of the molecule is CN1CCCN(C(=O)C2=Cc3ccccc3OC2)CC1. The molecule has 2 heterocycles. The van der Waals surface area contributed by atoms with E-state index < -0.39 is 0 Å². The Balaban J connectivity index is 1.76. The van der Waals surface area contributed by atoms with Crippen LogP contribution in [0.5, 0.6) is 5.75 Å². The molecule has 3 rings (SSSR count). The van der Waals surface area contributed by atoms with Crippen LogP contribution in [0.3, 0.4) is 0 Å². The van der Waals surface area contributed by atoms with Crippen LogP contribution in [0, 0.1) is 0 Å². The third-order valence-electron chi connectivity index (χ3n) is 3.91. The summed E-state index contributed by atoms with van der Waals surface area (Å²) in [4.78, 5) is 16.8. The number of para-hydroxylation sites is 1. The smallest absolute Gasteiger partial charge is 0.253 e. The summed E-state index contributed by atoms with van der Waals surface area (Å²) in [6.45, 7) is 4.01. The standard InChI is InChI=1S/C16H20N2O2/c1-17-7-4-8-18(10-9-17)16(19)14-11-13-5-2-3-6-15(13)20-12-14/h2-3,5-6,11H,4,7-10,12H2,1H3. The van der Waals surface area contributed by atoms with Gasteiger partial charge in [-0.2, -0.15) is 0 Å². The zero-order valence-corrected chi connectivity index (χ0v) is 11.8. The van der Waals surface area contributed by atoms with Gasteiger partial charge in [0, 0.05) is 25.2 Å². The van der Waals surface area contributed by atoms with Gasteiger partial charge >= 0.3 is 0 Å². The van der Waals surface area contributed by atoms with Gasteiger partial charge < -0.3 is 14.5 Å². The number of amides is 1. The molecule has 106 valence electrons. The van der Waals surface area contributed by atoms with E-state index in [0.717, 1.165) is 49.5 Å². The molecule has 1 fully saturated rings. The second-order valence-corrected chi connectivity index (χ2v) is 5.45. The highest BCUT2D eigenvalue weighted by Crippen LogP contribution is 2.26. The van der Waals surface area contributed by atoms with Gasteiger partial charge in [0.15, 0.2) is 0 Å². The largest absolute Gasteiger partial charge is 0.488 e. The van der Waals surface area contributed by atoms with Crippen molar-refractivity contribution in [3.05, 3.63) is 35.4 Å². The third-order valence-corrected chi connectivity index (χ3v) is 3.91. The van der Waals surface area contributed by atoms with Crippen molar-refractivity contribution >= 4 is 12.0 Å². The quantitative estimate of drug-likeness (QED) is 0.779. The zero-order valence-electron chi connectivity index (χ0n) is 11.8. The molecule has 1 aromatic carbocycles. The maximum atomic E-state index is 12.6. The minimum Gasteiger partial charge on any atom is -0.488 e. The van der Waals surface area contributed by atoms with E-state index in [-0.39, 0.29) is 5.91 Å². The molecule has 0 atom stereocenters. The van der Waals surface area contributed by atoms with E-state index in [9.17, 15) is 4.79 Å². The van der Waals surface area contributed by atoms with Crippen LogP contribution in [0.15, 0.2) is 29.8 Å². The summed E-state index contributed by atoms with van der Waals surface area (Å²) in [5.74, 6) is 0.981. The van der Waals surface area contributed by atoms with Crippen molar-refractivity contribution in [1.82, 2.24) is 9.80 Å². The average molecular weight is 272 g/mol. The van der Waals surface area contributed by atoms with Gasteiger partial charge in [-0.1, -0.05) is 18.2 Å². The molecule has 20 heavy (non-hydrogen) atoms. The molecule has 2 aliphatic heterocycles. The summed E-state index contributed by atoms with van der Waals surface area (Å²) in [7, 11) is 2.10. The van der Waals surface area contributed by atoms with Gasteiger partial charge in [-0.25, -0.2) is 0 Å². The molecular formula is C16H20N2O2. The molecule has 4 nitrogen and oxygen atoms in total. The molecule has 0 unspecified atom stereocenters. The van der Waals surface area contributed by atoms with Gasteiger partial charge in [-0.15, -0.1) is 0 Å². The first-order chi connectivity index (χ1) is 9.74. The number of nitrogens with zero attached hydrogens (tertiary/aromatic N) is 2. The minimum absolute atomic E-state index is 0.120. The molecule has 0 spiro atoms. The van der Waals surface area contributed by atoms with Crippen LogP contribution in [0.25, 0.3) is 6.08 Å². The number of hydrogen-bond donors (Lipinski definition) is 0. The van der Waals surface area contributed by atoms with Crippen molar-refractivity contribution in [1.29, 1.82) is 0 Å². The molecule has 0 saturated carbocycles. The maximum absolute atomic E-state index is 12.6. The molecule has 0 bridgehead atoms. The fourth-order valence-corrected chi connectivity index (χ4v) is 2.69. The Bertz CT molecular complexity index is 539. The lowest BCUT2D eigenvalue weighted by Crippen LogP contribution is -2.37. The molecule has 2 aliphatic rings. The maximum Gasteiger partial charge on any atom is 0.253 e. The van der Waals surface area contributed by atoms with E-state index in [0.29, 0.717) is 6.61 Å². The highest BCUT2D eigenvalue weighted by molar-refractivity contribution is 5.99. The van der Waals surface area contributed by atoms with Gasteiger partial charge in [-0.3, -0.25) is 4.79 Å². The molecule has 0 radical (unpaired) electrons. The van der Waals surface area contributed by atoms with Crippen LogP contribution in [0.1, 0.15) is 12.0 Å². The Morgan fingerprint density at radius 1 is 1.15 bits per heavy atom. The molecule has 1 aromatic rings. The van der Waals surface area contributed by atoms with E-state index in [1.165, 1.54) is 0 Å². The average Bonchev–Trinajstić information content (AvgIpc) is 2.71. The van der Waals surface area contributed by atoms with Crippen LogP contribution in [-0.4, -0.2) is 55.5 Å². The van der Waals surface area contributed by atoms with Crippen molar-refractivity contribution in [2.75, 3.05) is 39.8 Å². The number of hydrogen-bond acceptors (Lipinski definition) is 3. The van der Waals surface area contributed by atoms with E-state index in [1.807, 2.05) is 35.2 Å². The van der Waals surface area contributed by atoms with E-state index >= 15 is 0 Å². The Labute approximate surface area is 119 Å². The predicted molar refractivity (Wildman–Crippen MR) is 78.6 cm³/mol. The first kappa shape index (κ1) is 13.2. The van der Waals surface area contributed by atoms with Gasteiger partial charge in [0.1, 0.15) is 12.4 Å². The summed E-state index contributed by atoms with van der Waals surface area (Å²) in [6.07, 6.45) is 3.00. The summed E-state index contributed by atoms with van der Waals surface area (Å²) < 4.78 is 5.67. The Hall–Kier alpha value is -1.81. The van der Waals surface area contributed by atoms with Crippen molar-refractivity contribution in [3.8, 4) is 5.75 Å². The fraction of sp³-hybridized carbons (Fsp3) is 0.438. The van der Waals surface area contributed by atoms with Gasteiger partial charge in [0.2, 0.25) is 0 Å². The Kier molecular flexibility index (Phi) is 3.74. The normalized spacial score (nSPS) is 19.6. The van der Waals surface area contributed by atoms with E-state index in [2.05, 4.69) is 11.9 Å². The lowest BCUT2D eigenvalue weighted by molar-refractivity contribution is -0.127. The fourth-order valence-electron chi connectivity index (χ4n) is 2.69. The molecule has 0 N–H and O–H groups in total. The molecule has 1 saturated heterocycles. The van der Waals surface area contributed by atoms with Gasteiger partial charge in [-0.05, 0) is 32.2 Å². The number of rotatable bonds is 1. The first-order valence-corrected chi connectivity index (χ1v) is 7.14. The lowest BCUT2D eigenvalue weighted by atomic mass is 10.1. The monoisotopic (exact) mass is 272 g/mol. The first-order valence-electron chi connectivity index (χ1n) is 7.14. The minimum atomic E-state index is 0.120. The number of carbonyl (C=O) groups excluding carboxylic acids is 1. The van der Waals surface area contributed by atoms with Gasteiger partial charge in [0.05, 0.1) is 5.57 Å². The van der Waals surface area contributed by atoms with E-state index in [4.69, 9.17) is 4.74 Å². The highest BCUT2D eigenvalue weighted by atomic mass is 16.5. The van der Waals surface area contributed by atoms with Crippen LogP contribution in [0.2, 0.25) is 0 Å². The van der Waals surface area contributed by atoms with Gasteiger partial charge in [0.25, 0.3) is 5.91 Å². The predicted octanol–water partition coefficient (Wildman–Crippen LogP) is 1.63. The Morgan fingerprint density at radius 2 is 2.00 bits per heavy atom. The zero-order chi connectivity index (χ0) is 13.9. The third kappa shape index (κ3) is 2.70. The van der Waals surface area contributed by atoms with Crippen molar-refractivity contribution in [2.24, 2.45) is 0 Å². The number of ether oxygens (including phenoxy) is 1. The van der Waals surface area contributed by atoms with Crippen LogP contribution < -0.4 is 4.74 Å². The molecule has 1 amide bonds. The Morgan fingerprint density at radius 3 is 2.90 bits per heavy atom. The van der Waals surface area contributed by atoms with E-state index in [1.54, 1.807) is 0 Å².